The lowest BCUT2D eigenvalue weighted by atomic mass is 9.52. The number of nitrogens with one attached hydrogen (secondary N) is 2. The molecule has 3 amide bonds. The molecule has 2 saturated carbocycles. The third-order valence-corrected chi connectivity index (χ3v) is 9.97. The molecule has 16 heteroatoms. The van der Waals surface area contributed by atoms with Crippen LogP contribution >= 0.6 is 0 Å². The highest BCUT2D eigenvalue weighted by molar-refractivity contribution is 6.25. The van der Waals surface area contributed by atoms with E-state index in [2.05, 4.69) is 15.4 Å². The highest BCUT2D eigenvalue weighted by Gasteiger charge is 2.69. The first-order valence-electron chi connectivity index (χ1n) is 15.8. The minimum Gasteiger partial charge on any atom is -0.507 e. The number of nitrogens with zero attached hydrogens (tertiary/aromatic N) is 1. The molecule has 0 bridgehead atoms. The van der Waals surface area contributed by atoms with Crippen LogP contribution in [0.15, 0.2) is 60.7 Å². The Bertz CT molecular complexity index is 1930. The van der Waals surface area contributed by atoms with Gasteiger partial charge in [0, 0.05) is 23.3 Å². The highest BCUT2D eigenvalue weighted by atomic mass is 19.4. The summed E-state index contributed by atoms with van der Waals surface area (Å²) in [7, 11) is 3.12. The first-order chi connectivity index (χ1) is 23.9. The van der Waals surface area contributed by atoms with Crippen LogP contribution in [-0.4, -0.2) is 87.7 Å². The molecule has 0 radical (unpaired) electrons. The lowest BCUT2D eigenvalue weighted by Crippen LogP contribution is -2.75. The second kappa shape index (κ2) is 12.8. The number of carbonyl (C=O) groups is 5. The molecule has 3 aliphatic rings. The van der Waals surface area contributed by atoms with E-state index in [-0.39, 0.29) is 24.1 Å². The van der Waals surface area contributed by atoms with Crippen LogP contribution in [0.5, 0.6) is 11.5 Å². The summed E-state index contributed by atoms with van der Waals surface area (Å²) in [6, 6.07) is 12.2. The number of urea groups is 1. The Morgan fingerprint density at radius 1 is 0.941 bits per heavy atom. The molecule has 0 aliphatic heterocycles. The first kappa shape index (κ1) is 35.5. The number of amides is 3. The average Bonchev–Trinajstić information content (AvgIpc) is 3.03. The van der Waals surface area contributed by atoms with Crippen molar-refractivity contribution in [2.24, 2.45) is 29.4 Å². The van der Waals surface area contributed by atoms with E-state index in [1.165, 1.54) is 23.1 Å². The summed E-state index contributed by atoms with van der Waals surface area (Å²) in [6.45, 7) is 0. The second-order valence-corrected chi connectivity index (χ2v) is 13.2. The summed E-state index contributed by atoms with van der Waals surface area (Å²) in [5.74, 6) is -10.5. The first-order valence-corrected chi connectivity index (χ1v) is 15.8. The number of phenolic OH excluding ortho intramolecular Hbond substituents is 1. The molecule has 0 heterocycles. The van der Waals surface area contributed by atoms with Crippen LogP contribution in [0, 0.1) is 23.7 Å². The topological polar surface area (TPSA) is 209 Å². The number of aliphatic hydroxyl groups excluding tert-OH is 1. The van der Waals surface area contributed by atoms with Gasteiger partial charge in [0.05, 0.1) is 17.6 Å². The minimum atomic E-state index is -4.85. The number of likely N-dealkylation sites (N-methyl/N-ethyl adjacent to an activating group) is 1. The van der Waals surface area contributed by atoms with Crippen molar-refractivity contribution in [1.82, 2.24) is 4.90 Å². The standard InChI is InChI=1S/C35H33F3N4O9/c1-42(2)27-22-14-16-13-21-20(15-3-5-17(6-4-15)40-33(49)41-18-7-9-19(10-8-18)51-35(36,37)38)11-12-23(43)25(21)28(44)24(16)30(46)34(22,50)31(47)26(29(27)45)32(39)48/h3-12,16,22,24,26-27,29,43,45,50H,13-14H2,1-2H3,(H2,39,48)(H2,40,41,49)/t16-,22-,24?,26?,27-,29?,34-/m1/s1. The number of primary amides is 1. The van der Waals surface area contributed by atoms with E-state index < -0.39 is 88.6 Å². The Hall–Kier alpha value is -5.32. The molecule has 3 unspecified atom stereocenters. The fourth-order valence-electron chi connectivity index (χ4n) is 7.86. The summed E-state index contributed by atoms with van der Waals surface area (Å²) in [4.78, 5) is 67.9. The number of halogens is 3. The van der Waals surface area contributed by atoms with Crippen molar-refractivity contribution in [2.45, 2.75) is 37.0 Å². The third kappa shape index (κ3) is 6.19. The molecule has 3 aromatic carbocycles. The zero-order valence-corrected chi connectivity index (χ0v) is 27.1. The monoisotopic (exact) mass is 710 g/mol. The van der Waals surface area contributed by atoms with Gasteiger partial charge >= 0.3 is 12.4 Å². The lowest BCUT2D eigenvalue weighted by Gasteiger charge is -2.54. The number of aliphatic hydroxyl groups is 2. The van der Waals surface area contributed by atoms with Crippen LogP contribution in [0.1, 0.15) is 22.3 Å². The molecule has 3 aliphatic carbocycles. The van der Waals surface area contributed by atoms with Crippen LogP contribution in [0.3, 0.4) is 0 Å². The number of phenols is 1. The van der Waals surface area contributed by atoms with Crippen molar-refractivity contribution in [3.8, 4) is 22.6 Å². The van der Waals surface area contributed by atoms with E-state index in [0.29, 0.717) is 22.4 Å². The summed E-state index contributed by atoms with van der Waals surface area (Å²) >= 11 is 0. The maximum atomic E-state index is 14.0. The van der Waals surface area contributed by atoms with E-state index >= 15 is 0 Å². The molecule has 7 atom stereocenters. The summed E-state index contributed by atoms with van der Waals surface area (Å²) in [5, 5.41) is 38.8. The van der Waals surface area contributed by atoms with Crippen LogP contribution < -0.4 is 21.1 Å². The van der Waals surface area contributed by atoms with Gasteiger partial charge in [-0.3, -0.25) is 19.2 Å². The molecule has 0 saturated heterocycles. The number of alkyl halides is 3. The number of anilines is 2. The predicted molar refractivity (Wildman–Crippen MR) is 174 cm³/mol. The van der Waals surface area contributed by atoms with Gasteiger partial charge in [0.1, 0.15) is 17.4 Å². The number of aromatic hydroxyl groups is 1. The van der Waals surface area contributed by atoms with E-state index in [1.54, 1.807) is 44.4 Å². The molecule has 51 heavy (non-hydrogen) atoms. The van der Waals surface area contributed by atoms with Gasteiger partial charge < -0.3 is 41.3 Å². The number of hydrogen-bond acceptors (Lipinski definition) is 10. The Morgan fingerprint density at radius 3 is 2.08 bits per heavy atom. The van der Waals surface area contributed by atoms with Gasteiger partial charge in [-0.2, -0.15) is 0 Å². The molecule has 0 aromatic heterocycles. The highest BCUT2D eigenvalue weighted by Crippen LogP contribution is 2.52. The van der Waals surface area contributed by atoms with E-state index in [4.69, 9.17) is 5.73 Å². The number of Topliss-reactive ketones (excluding diaryl/α,β-unsaturated/α-hetero) is 3. The second-order valence-electron chi connectivity index (χ2n) is 13.2. The van der Waals surface area contributed by atoms with Crippen molar-refractivity contribution in [2.75, 3.05) is 24.7 Å². The smallest absolute Gasteiger partial charge is 0.507 e. The Balaban J connectivity index is 1.25. The maximum absolute atomic E-state index is 14.0. The summed E-state index contributed by atoms with van der Waals surface area (Å²) in [6.07, 6.45) is -6.42. The zero-order chi connectivity index (χ0) is 37.2. The number of carbonyl (C=O) groups excluding carboxylic acids is 5. The molecule has 6 rings (SSSR count). The number of benzene rings is 3. The molecule has 2 fully saturated rings. The van der Waals surface area contributed by atoms with Crippen LogP contribution in [0.4, 0.5) is 29.3 Å². The third-order valence-electron chi connectivity index (χ3n) is 9.97. The number of ketones is 3. The summed E-state index contributed by atoms with van der Waals surface area (Å²) in [5.41, 5.74) is 4.61. The van der Waals surface area contributed by atoms with Crippen molar-refractivity contribution < 1.29 is 57.2 Å². The van der Waals surface area contributed by atoms with Gasteiger partial charge in [0.2, 0.25) is 5.91 Å². The van der Waals surface area contributed by atoms with E-state index in [9.17, 15) is 52.5 Å². The quantitative estimate of drug-likeness (QED) is 0.206. The van der Waals surface area contributed by atoms with Crippen LogP contribution in [0.2, 0.25) is 0 Å². The van der Waals surface area contributed by atoms with Gasteiger partial charge in [0.25, 0.3) is 0 Å². The number of fused-ring (bicyclic) bond motifs is 3. The molecular formula is C35H33F3N4O9. The molecular weight excluding hydrogens is 677 g/mol. The molecule has 268 valence electrons. The normalized spacial score (nSPS) is 27.3. The minimum absolute atomic E-state index is 0.0413. The van der Waals surface area contributed by atoms with E-state index in [1.807, 2.05) is 0 Å². The molecule has 13 nitrogen and oxygen atoms in total. The van der Waals surface area contributed by atoms with E-state index in [0.717, 1.165) is 12.1 Å². The average molecular weight is 711 g/mol. The number of hydrogen-bond donors (Lipinski definition) is 6. The van der Waals surface area contributed by atoms with Gasteiger partial charge in [-0.1, -0.05) is 18.2 Å². The van der Waals surface area contributed by atoms with Gasteiger partial charge in [-0.15, -0.1) is 13.2 Å². The Labute approximate surface area is 288 Å². The lowest BCUT2D eigenvalue weighted by molar-refractivity contribution is -0.274. The van der Waals surface area contributed by atoms with Gasteiger partial charge in [-0.05, 0) is 92.0 Å². The van der Waals surface area contributed by atoms with Crippen molar-refractivity contribution in [1.29, 1.82) is 0 Å². The molecule has 7 N–H and O–H groups in total. The van der Waals surface area contributed by atoms with Gasteiger partial charge in [-0.25, -0.2) is 4.79 Å². The van der Waals surface area contributed by atoms with Gasteiger partial charge in [0.15, 0.2) is 23.0 Å². The van der Waals surface area contributed by atoms with Crippen molar-refractivity contribution in [3.63, 3.8) is 0 Å². The number of nitrogens with two attached hydrogens (primary N) is 1. The SMILES string of the molecule is CN(C)[C@H]1C(O)C(C(N)=O)C(=O)[C@]2(O)C(=O)C3C(=O)c4c(O)ccc(-c5ccc(NC(=O)Nc6ccc(OC(F)(F)F)cc6)cc5)c4C[C@@H]3C[C@H]12. The predicted octanol–water partition coefficient (Wildman–Crippen LogP) is 2.87. The van der Waals surface area contributed by atoms with Crippen molar-refractivity contribution in [3.05, 3.63) is 71.8 Å². The summed E-state index contributed by atoms with van der Waals surface area (Å²) < 4.78 is 41.0. The molecule has 0 spiro atoms. The molecule has 3 aromatic rings. The number of rotatable bonds is 6. The van der Waals surface area contributed by atoms with Crippen LogP contribution in [-0.2, 0) is 20.8 Å². The van der Waals surface area contributed by atoms with Crippen LogP contribution in [0.25, 0.3) is 11.1 Å². The fourth-order valence-corrected chi connectivity index (χ4v) is 7.86. The maximum Gasteiger partial charge on any atom is 0.573 e. The van der Waals surface area contributed by atoms with Crippen molar-refractivity contribution >= 4 is 40.7 Å². The Morgan fingerprint density at radius 2 is 1.53 bits per heavy atom. The number of ether oxygens (including phenoxy) is 1. The fraction of sp³-hybridized carbons (Fsp3) is 0.343. The zero-order valence-electron chi connectivity index (χ0n) is 27.1. The Kier molecular flexibility index (Phi) is 8.90. The largest absolute Gasteiger partial charge is 0.573 e.